The Labute approximate surface area is 178 Å². The summed E-state index contributed by atoms with van der Waals surface area (Å²) < 4.78 is 27.5. The number of amides is 1. The summed E-state index contributed by atoms with van der Waals surface area (Å²) in [6.45, 7) is 2.64. The third-order valence-electron chi connectivity index (χ3n) is 4.91. The molecular formula is C24H26N2O3S. The van der Waals surface area contributed by atoms with Crippen LogP contribution in [0.15, 0.2) is 89.8 Å². The van der Waals surface area contributed by atoms with Gasteiger partial charge in [0.05, 0.1) is 10.6 Å². The number of para-hydroxylation sites is 2. The average Bonchev–Trinajstić information content (AvgIpc) is 2.80. The molecule has 3 aromatic rings. The average molecular weight is 423 g/mol. The Kier molecular flexibility index (Phi) is 6.90. The van der Waals surface area contributed by atoms with Crippen molar-refractivity contribution in [3.63, 3.8) is 0 Å². The first-order valence-corrected chi connectivity index (χ1v) is 11.4. The summed E-state index contributed by atoms with van der Waals surface area (Å²) in [5, 5.41) is 0. The highest BCUT2D eigenvalue weighted by molar-refractivity contribution is 7.92. The number of nitrogens with zero attached hydrogens (tertiary/aromatic N) is 2. The number of anilines is 2. The minimum Gasteiger partial charge on any atom is -0.308 e. The molecule has 0 atom stereocenters. The van der Waals surface area contributed by atoms with Crippen LogP contribution in [0.25, 0.3) is 0 Å². The van der Waals surface area contributed by atoms with Crippen LogP contribution in [0.2, 0.25) is 0 Å². The largest absolute Gasteiger partial charge is 0.308 e. The maximum atomic E-state index is 13.3. The molecule has 0 aliphatic carbocycles. The predicted octanol–water partition coefficient (Wildman–Crippen LogP) is 4.96. The Morgan fingerprint density at radius 1 is 0.833 bits per heavy atom. The van der Waals surface area contributed by atoms with Crippen LogP contribution in [-0.4, -0.2) is 27.9 Å². The number of sulfonamides is 1. The fraction of sp³-hybridized carbons (Fsp3) is 0.208. The van der Waals surface area contributed by atoms with Gasteiger partial charge in [0.2, 0.25) is 0 Å². The Morgan fingerprint density at radius 2 is 1.43 bits per heavy atom. The summed E-state index contributed by atoms with van der Waals surface area (Å²) in [5.74, 6) is -0.214. The highest BCUT2D eigenvalue weighted by Crippen LogP contribution is 2.24. The molecule has 1 amide bonds. The molecule has 3 aromatic carbocycles. The molecule has 0 radical (unpaired) electrons. The first-order chi connectivity index (χ1) is 14.4. The first kappa shape index (κ1) is 21.6. The normalized spacial score (nSPS) is 11.1. The van der Waals surface area contributed by atoms with Crippen molar-refractivity contribution in [3.05, 3.63) is 90.5 Å². The van der Waals surface area contributed by atoms with Crippen LogP contribution in [-0.2, 0) is 10.0 Å². The van der Waals surface area contributed by atoms with Crippen molar-refractivity contribution in [2.24, 2.45) is 0 Å². The van der Waals surface area contributed by atoms with E-state index in [0.29, 0.717) is 17.8 Å². The van der Waals surface area contributed by atoms with E-state index < -0.39 is 10.0 Å². The summed E-state index contributed by atoms with van der Waals surface area (Å²) in [6, 6.07) is 24.6. The van der Waals surface area contributed by atoms with Crippen LogP contribution in [0.4, 0.5) is 11.4 Å². The number of hydrogen-bond donors (Lipinski definition) is 0. The van der Waals surface area contributed by atoms with Crippen molar-refractivity contribution in [1.29, 1.82) is 0 Å². The van der Waals surface area contributed by atoms with Gasteiger partial charge < -0.3 is 4.90 Å². The number of hydrogen-bond acceptors (Lipinski definition) is 3. The number of unbranched alkanes of at least 4 members (excludes halogenated alkanes) is 1. The van der Waals surface area contributed by atoms with Crippen LogP contribution in [0.3, 0.4) is 0 Å². The maximum Gasteiger partial charge on any atom is 0.264 e. The molecule has 0 unspecified atom stereocenters. The van der Waals surface area contributed by atoms with Gasteiger partial charge in [0.25, 0.3) is 15.9 Å². The Bertz CT molecular complexity index is 1080. The lowest BCUT2D eigenvalue weighted by Gasteiger charge is -2.24. The monoisotopic (exact) mass is 422 g/mol. The van der Waals surface area contributed by atoms with E-state index in [2.05, 4.69) is 6.92 Å². The second kappa shape index (κ2) is 9.59. The molecule has 0 saturated heterocycles. The minimum atomic E-state index is -3.79. The van der Waals surface area contributed by atoms with E-state index in [1.165, 1.54) is 23.5 Å². The highest BCUT2D eigenvalue weighted by atomic mass is 32.2. The molecule has 156 valence electrons. The quantitative estimate of drug-likeness (QED) is 0.516. The van der Waals surface area contributed by atoms with Gasteiger partial charge in [0, 0.05) is 24.8 Å². The van der Waals surface area contributed by atoms with E-state index in [9.17, 15) is 13.2 Å². The van der Waals surface area contributed by atoms with E-state index >= 15 is 0 Å². The second-order valence-corrected chi connectivity index (χ2v) is 8.95. The van der Waals surface area contributed by atoms with Gasteiger partial charge in [-0.25, -0.2) is 8.42 Å². The van der Waals surface area contributed by atoms with Gasteiger partial charge in [0.15, 0.2) is 0 Å². The van der Waals surface area contributed by atoms with Crippen molar-refractivity contribution < 1.29 is 13.2 Å². The lowest BCUT2D eigenvalue weighted by molar-refractivity contribution is 0.0986. The van der Waals surface area contributed by atoms with Crippen LogP contribution in [0.1, 0.15) is 30.1 Å². The lowest BCUT2D eigenvalue weighted by Crippen LogP contribution is -2.32. The summed E-state index contributed by atoms with van der Waals surface area (Å²) in [6.07, 6.45) is 1.81. The third-order valence-corrected chi connectivity index (χ3v) is 6.69. The first-order valence-electron chi connectivity index (χ1n) is 9.96. The molecule has 0 spiro atoms. The molecular weight excluding hydrogens is 396 g/mol. The molecule has 5 nitrogen and oxygen atoms in total. The Morgan fingerprint density at radius 3 is 2.03 bits per heavy atom. The van der Waals surface area contributed by atoms with E-state index in [1.807, 2.05) is 36.4 Å². The summed E-state index contributed by atoms with van der Waals surface area (Å²) in [5.41, 5.74) is 1.70. The number of rotatable bonds is 8. The second-order valence-electron chi connectivity index (χ2n) is 6.98. The summed E-state index contributed by atoms with van der Waals surface area (Å²) >= 11 is 0. The van der Waals surface area contributed by atoms with Gasteiger partial charge in [-0.15, -0.1) is 0 Å². The van der Waals surface area contributed by atoms with Gasteiger partial charge in [-0.2, -0.15) is 0 Å². The SMILES string of the molecule is CCCCN(C(=O)c1cccc(S(=O)(=O)N(C)c2ccccc2)c1)c1ccccc1. The fourth-order valence-corrected chi connectivity index (χ4v) is 4.39. The third kappa shape index (κ3) is 4.71. The zero-order chi connectivity index (χ0) is 21.6. The highest BCUT2D eigenvalue weighted by Gasteiger charge is 2.24. The van der Waals surface area contributed by atoms with Crippen molar-refractivity contribution in [2.75, 3.05) is 22.8 Å². The molecule has 30 heavy (non-hydrogen) atoms. The number of carbonyl (C=O) groups is 1. The molecule has 0 aromatic heterocycles. The molecule has 0 bridgehead atoms. The van der Waals surface area contributed by atoms with Crippen LogP contribution < -0.4 is 9.21 Å². The smallest absolute Gasteiger partial charge is 0.264 e. The van der Waals surface area contributed by atoms with Crippen molar-refractivity contribution in [1.82, 2.24) is 0 Å². The summed E-state index contributed by atoms with van der Waals surface area (Å²) in [4.78, 5) is 15.1. The van der Waals surface area contributed by atoms with Gasteiger partial charge in [-0.3, -0.25) is 9.10 Å². The van der Waals surface area contributed by atoms with Crippen molar-refractivity contribution in [2.45, 2.75) is 24.7 Å². The van der Waals surface area contributed by atoms with Crippen molar-refractivity contribution in [3.8, 4) is 0 Å². The zero-order valence-electron chi connectivity index (χ0n) is 17.2. The molecule has 0 fully saturated rings. The van der Waals surface area contributed by atoms with Crippen molar-refractivity contribution >= 4 is 27.3 Å². The number of carbonyl (C=O) groups excluding carboxylic acids is 1. The maximum absolute atomic E-state index is 13.3. The van der Waals surface area contributed by atoms with E-state index in [0.717, 1.165) is 18.5 Å². The van der Waals surface area contributed by atoms with E-state index in [1.54, 1.807) is 41.3 Å². The Balaban J connectivity index is 1.94. The van der Waals surface area contributed by atoms with Crippen LogP contribution in [0.5, 0.6) is 0 Å². The van der Waals surface area contributed by atoms with Crippen LogP contribution in [0, 0.1) is 0 Å². The summed E-state index contributed by atoms with van der Waals surface area (Å²) in [7, 11) is -2.28. The molecule has 0 N–H and O–H groups in total. The molecule has 0 aliphatic rings. The molecule has 0 saturated carbocycles. The zero-order valence-corrected chi connectivity index (χ0v) is 18.0. The Hall–Kier alpha value is -3.12. The van der Waals surface area contributed by atoms with E-state index in [-0.39, 0.29) is 10.8 Å². The van der Waals surface area contributed by atoms with Gasteiger partial charge in [0.1, 0.15) is 0 Å². The van der Waals surface area contributed by atoms with Gasteiger partial charge >= 0.3 is 0 Å². The van der Waals surface area contributed by atoms with Gasteiger partial charge in [-0.05, 0) is 48.9 Å². The molecule has 0 aliphatic heterocycles. The minimum absolute atomic E-state index is 0.0863. The van der Waals surface area contributed by atoms with Gasteiger partial charge in [-0.1, -0.05) is 55.8 Å². The molecule has 6 heteroatoms. The lowest BCUT2D eigenvalue weighted by atomic mass is 10.1. The predicted molar refractivity (Wildman–Crippen MR) is 121 cm³/mol. The van der Waals surface area contributed by atoms with E-state index in [4.69, 9.17) is 0 Å². The topological polar surface area (TPSA) is 57.7 Å². The number of benzene rings is 3. The standard InChI is InChI=1S/C24H26N2O3S/c1-3-4-18-26(22-15-9-6-10-16-22)24(27)20-12-11-17-23(19-20)30(28,29)25(2)21-13-7-5-8-14-21/h5-17,19H,3-4,18H2,1-2H3. The molecule has 0 heterocycles. The fourth-order valence-electron chi connectivity index (χ4n) is 3.15. The van der Waals surface area contributed by atoms with Crippen LogP contribution >= 0.6 is 0 Å². The molecule has 3 rings (SSSR count).